The molecule has 0 spiro atoms. The van der Waals surface area contributed by atoms with Gasteiger partial charge in [0, 0.05) is 23.7 Å². The van der Waals surface area contributed by atoms with E-state index in [1.165, 1.54) is 5.06 Å². The van der Waals surface area contributed by atoms with Crippen LogP contribution in [0.15, 0.2) is 42.5 Å². The number of nitrogens with one attached hydrogen (secondary N) is 2. The number of hydroxylamine groups is 2. The number of rotatable bonds is 10. The van der Waals surface area contributed by atoms with Crippen molar-refractivity contribution in [3.8, 4) is 0 Å². The second-order valence-corrected chi connectivity index (χ2v) is 15.3. The summed E-state index contributed by atoms with van der Waals surface area (Å²) < 4.78 is 5.50. The van der Waals surface area contributed by atoms with Gasteiger partial charge in [-0.2, -0.15) is 5.06 Å². The maximum atomic E-state index is 14.2. The summed E-state index contributed by atoms with van der Waals surface area (Å²) in [5, 5.41) is 18.3. The van der Waals surface area contributed by atoms with Crippen molar-refractivity contribution < 1.29 is 24.3 Å². The lowest BCUT2D eigenvalue weighted by molar-refractivity contribution is -0.246. The van der Waals surface area contributed by atoms with E-state index in [1.807, 2.05) is 91.0 Å². The van der Waals surface area contributed by atoms with E-state index in [-0.39, 0.29) is 23.9 Å². The molecule has 2 saturated heterocycles. The number of benzene rings is 1. The second kappa shape index (κ2) is 14.5. The third-order valence-corrected chi connectivity index (χ3v) is 8.44. The molecule has 0 aromatic heterocycles. The summed E-state index contributed by atoms with van der Waals surface area (Å²) in [6.45, 7) is 18.1. The lowest BCUT2D eigenvalue weighted by Gasteiger charge is -2.51. The lowest BCUT2D eigenvalue weighted by Crippen LogP contribution is -2.63. The Balaban J connectivity index is 1.80. The fourth-order valence-corrected chi connectivity index (χ4v) is 6.71. The molecule has 0 radical (unpaired) electrons. The summed E-state index contributed by atoms with van der Waals surface area (Å²) in [6, 6.07) is 8.91. The van der Waals surface area contributed by atoms with Crippen molar-refractivity contribution in [2.24, 2.45) is 11.8 Å². The zero-order valence-electron chi connectivity index (χ0n) is 28.4. The molecule has 2 aliphatic rings. The first kappa shape index (κ1) is 35.6. The van der Waals surface area contributed by atoms with E-state index in [1.54, 1.807) is 4.90 Å². The largest absolute Gasteiger partial charge is 0.444 e. The molecule has 2 heterocycles. The zero-order valence-corrected chi connectivity index (χ0v) is 28.4. The summed E-state index contributed by atoms with van der Waals surface area (Å²) in [6.07, 6.45) is 7.09. The van der Waals surface area contributed by atoms with E-state index < -0.39 is 34.7 Å². The van der Waals surface area contributed by atoms with Crippen molar-refractivity contribution in [3.63, 3.8) is 0 Å². The number of likely N-dealkylation sites (tertiary alicyclic amines) is 1. The molecule has 2 aliphatic heterocycles. The van der Waals surface area contributed by atoms with Crippen LogP contribution in [0.2, 0.25) is 0 Å². The van der Waals surface area contributed by atoms with Gasteiger partial charge in [-0.15, -0.1) is 0 Å². The molecule has 0 bridgehead atoms. The van der Waals surface area contributed by atoms with Crippen LogP contribution in [0.25, 0.3) is 0 Å². The highest BCUT2D eigenvalue weighted by atomic mass is 16.6. The first-order chi connectivity index (χ1) is 20.4. The van der Waals surface area contributed by atoms with Gasteiger partial charge in [0.15, 0.2) is 0 Å². The molecule has 1 aromatic carbocycles. The van der Waals surface area contributed by atoms with E-state index in [0.29, 0.717) is 44.6 Å². The highest BCUT2D eigenvalue weighted by Crippen LogP contribution is 2.37. The van der Waals surface area contributed by atoms with Gasteiger partial charge >= 0.3 is 6.09 Å². The molecule has 2 fully saturated rings. The molecule has 3 rings (SSSR count). The van der Waals surface area contributed by atoms with Gasteiger partial charge in [-0.3, -0.25) is 9.59 Å². The molecule has 44 heavy (non-hydrogen) atoms. The van der Waals surface area contributed by atoms with Crippen LogP contribution >= 0.6 is 0 Å². The van der Waals surface area contributed by atoms with Gasteiger partial charge < -0.3 is 25.5 Å². The Morgan fingerprint density at radius 1 is 1.05 bits per heavy atom. The van der Waals surface area contributed by atoms with Crippen LogP contribution in [0.1, 0.15) is 100.0 Å². The molecule has 0 unspecified atom stereocenters. The smallest absolute Gasteiger partial charge is 0.408 e. The highest BCUT2D eigenvalue weighted by molar-refractivity contribution is 5.90. The van der Waals surface area contributed by atoms with Gasteiger partial charge in [0.1, 0.15) is 11.6 Å². The van der Waals surface area contributed by atoms with Crippen LogP contribution in [0.4, 0.5) is 4.79 Å². The van der Waals surface area contributed by atoms with Gasteiger partial charge in [0.05, 0.1) is 12.0 Å². The van der Waals surface area contributed by atoms with Crippen molar-refractivity contribution >= 4 is 17.9 Å². The SMILES string of the molecule is CC(C)C[C@@H](/C=C/[C@H](Cc1ccccc1)C(=O)N1CCC[C@@H]1C(=O)NC1CC(C)(C)N(O)C(C)(C)C1)NC(=O)OC(C)(C)C. The third kappa shape index (κ3) is 10.1. The summed E-state index contributed by atoms with van der Waals surface area (Å²) in [7, 11) is 0. The first-order valence-corrected chi connectivity index (χ1v) is 16.2. The summed E-state index contributed by atoms with van der Waals surface area (Å²) in [5.41, 5.74) is -0.572. The third-order valence-electron chi connectivity index (χ3n) is 8.44. The molecule has 3 atom stereocenters. The zero-order chi connectivity index (χ0) is 32.9. The lowest BCUT2D eigenvalue weighted by atomic mass is 9.79. The van der Waals surface area contributed by atoms with Crippen molar-refractivity contribution in [2.75, 3.05) is 6.54 Å². The van der Waals surface area contributed by atoms with Crippen LogP contribution in [-0.4, -0.2) is 74.4 Å². The number of nitrogens with zero attached hydrogens (tertiary/aromatic N) is 2. The van der Waals surface area contributed by atoms with Gasteiger partial charge in [0.25, 0.3) is 0 Å². The van der Waals surface area contributed by atoms with Gasteiger partial charge in [-0.05, 0) is 98.5 Å². The standard InChI is InChI=1S/C35H56N4O5/c1-24(2)20-27(37-32(42)44-33(3,4)5)18-17-26(21-25-14-11-10-12-15-25)31(41)38-19-13-16-29(38)30(40)36-28-22-34(6,7)39(43)35(8,9)23-28/h10-12,14-15,17-18,24,26-29,43H,13,16,19-23H2,1-9H3,(H,36,40)(H,37,42)/b18-17+/t26-,27-,29-/m1/s1. The topological polar surface area (TPSA) is 111 Å². The van der Waals surface area contributed by atoms with Crippen LogP contribution in [0, 0.1) is 11.8 Å². The number of ether oxygens (including phenoxy) is 1. The van der Waals surface area contributed by atoms with E-state index in [4.69, 9.17) is 4.74 Å². The minimum absolute atomic E-state index is 0.0887. The molecule has 1 aromatic rings. The van der Waals surface area contributed by atoms with Crippen LogP contribution in [0.3, 0.4) is 0 Å². The molecule has 0 aliphatic carbocycles. The van der Waals surface area contributed by atoms with E-state index in [0.717, 1.165) is 12.0 Å². The Morgan fingerprint density at radius 3 is 2.23 bits per heavy atom. The normalized spacial score (nSPS) is 22.2. The molecule has 0 saturated carbocycles. The summed E-state index contributed by atoms with van der Waals surface area (Å²) in [4.78, 5) is 42.2. The molecular formula is C35H56N4O5. The van der Waals surface area contributed by atoms with Crippen molar-refractivity contribution in [1.29, 1.82) is 0 Å². The highest BCUT2D eigenvalue weighted by Gasteiger charge is 2.46. The Kier molecular flexibility index (Phi) is 11.7. The molecule has 3 N–H and O–H groups in total. The van der Waals surface area contributed by atoms with Gasteiger partial charge in [-0.1, -0.05) is 56.3 Å². The minimum atomic E-state index is -0.617. The number of hydrogen-bond donors (Lipinski definition) is 3. The van der Waals surface area contributed by atoms with Crippen molar-refractivity contribution in [1.82, 2.24) is 20.6 Å². The summed E-state index contributed by atoms with van der Waals surface area (Å²) >= 11 is 0. The fourth-order valence-electron chi connectivity index (χ4n) is 6.71. The monoisotopic (exact) mass is 612 g/mol. The Bertz CT molecular complexity index is 1140. The average molecular weight is 613 g/mol. The van der Waals surface area contributed by atoms with Crippen molar-refractivity contribution in [2.45, 2.75) is 136 Å². The molecular weight excluding hydrogens is 556 g/mol. The number of piperidine rings is 1. The minimum Gasteiger partial charge on any atom is -0.444 e. The maximum Gasteiger partial charge on any atom is 0.408 e. The van der Waals surface area contributed by atoms with Crippen LogP contribution in [-0.2, 0) is 20.7 Å². The Labute approximate surface area is 264 Å². The predicted octanol–water partition coefficient (Wildman–Crippen LogP) is 5.86. The summed E-state index contributed by atoms with van der Waals surface area (Å²) in [5.74, 6) is -0.418. The number of carbonyl (C=O) groups is 3. The molecule has 246 valence electrons. The molecule has 3 amide bonds. The van der Waals surface area contributed by atoms with Crippen LogP contribution < -0.4 is 10.6 Å². The number of hydrogen-bond acceptors (Lipinski definition) is 6. The molecule has 9 nitrogen and oxygen atoms in total. The maximum absolute atomic E-state index is 14.2. The van der Waals surface area contributed by atoms with E-state index >= 15 is 0 Å². The van der Waals surface area contributed by atoms with Gasteiger partial charge in [-0.25, -0.2) is 4.79 Å². The first-order valence-electron chi connectivity index (χ1n) is 16.2. The Hall–Kier alpha value is -2.91. The Morgan fingerprint density at radius 2 is 1.66 bits per heavy atom. The second-order valence-electron chi connectivity index (χ2n) is 15.3. The van der Waals surface area contributed by atoms with E-state index in [2.05, 4.69) is 24.5 Å². The predicted molar refractivity (Wildman–Crippen MR) is 173 cm³/mol. The fraction of sp³-hybridized carbons (Fsp3) is 0.686. The average Bonchev–Trinajstić information content (AvgIpc) is 3.38. The number of alkyl carbamates (subject to hydrolysis) is 1. The molecule has 9 heteroatoms. The number of carbonyl (C=O) groups excluding carboxylic acids is 3. The van der Waals surface area contributed by atoms with Gasteiger partial charge in [0.2, 0.25) is 11.8 Å². The van der Waals surface area contributed by atoms with Crippen molar-refractivity contribution in [3.05, 3.63) is 48.0 Å². The quantitative estimate of drug-likeness (QED) is 0.286. The van der Waals surface area contributed by atoms with E-state index in [9.17, 15) is 19.6 Å². The number of amides is 3. The van der Waals surface area contributed by atoms with Crippen LogP contribution in [0.5, 0.6) is 0 Å².